The molecule has 0 spiro atoms. The first kappa shape index (κ1) is 12.8. The number of carbonyl (C=O) groups is 1. The van der Waals surface area contributed by atoms with Crippen molar-refractivity contribution in [3.63, 3.8) is 0 Å². The van der Waals surface area contributed by atoms with E-state index in [9.17, 15) is 9.90 Å². The Morgan fingerprint density at radius 2 is 2.44 bits per heavy atom. The fourth-order valence-electron chi connectivity index (χ4n) is 2.13. The molecule has 1 aliphatic heterocycles. The topological polar surface area (TPSA) is 74.2 Å². The lowest BCUT2D eigenvalue weighted by atomic mass is 10.0. The molecule has 1 fully saturated rings. The molecule has 98 valence electrons. The molecule has 1 amide bonds. The highest BCUT2D eigenvalue weighted by molar-refractivity contribution is 5.91. The van der Waals surface area contributed by atoms with E-state index < -0.39 is 0 Å². The Labute approximate surface area is 107 Å². The van der Waals surface area contributed by atoms with Crippen molar-refractivity contribution < 1.29 is 9.90 Å². The molecule has 0 radical (unpaired) electrons. The van der Waals surface area contributed by atoms with Crippen LogP contribution in [0, 0.1) is 12.8 Å². The zero-order valence-electron chi connectivity index (χ0n) is 10.6. The van der Waals surface area contributed by atoms with E-state index in [1.807, 2.05) is 6.92 Å². The van der Waals surface area contributed by atoms with Gasteiger partial charge in [-0.05, 0) is 50.9 Å². The Morgan fingerprint density at radius 1 is 1.61 bits per heavy atom. The Kier molecular flexibility index (Phi) is 4.15. The average Bonchev–Trinajstić information content (AvgIpc) is 2.84. The third kappa shape index (κ3) is 3.43. The van der Waals surface area contributed by atoms with Gasteiger partial charge in [0, 0.05) is 12.1 Å². The number of hydrogen-bond donors (Lipinski definition) is 3. The van der Waals surface area contributed by atoms with Crippen LogP contribution in [0.2, 0.25) is 0 Å². The second kappa shape index (κ2) is 5.82. The van der Waals surface area contributed by atoms with E-state index in [-0.39, 0.29) is 17.5 Å². The molecule has 2 heterocycles. The number of amides is 1. The van der Waals surface area contributed by atoms with Crippen molar-refractivity contribution in [2.24, 2.45) is 5.92 Å². The standard InChI is InChI=1S/C13H19N3O2/c1-9-2-4-11(17)13(15-9)16-12(18)5-3-10-6-7-14-8-10/h2,4,10,14,17H,3,5-8H2,1H3,(H,15,16,18). The summed E-state index contributed by atoms with van der Waals surface area (Å²) in [5.74, 6) is 0.770. The maximum absolute atomic E-state index is 11.8. The van der Waals surface area contributed by atoms with Gasteiger partial charge in [-0.15, -0.1) is 0 Å². The van der Waals surface area contributed by atoms with Crippen molar-refractivity contribution in [2.75, 3.05) is 18.4 Å². The summed E-state index contributed by atoms with van der Waals surface area (Å²) in [7, 11) is 0. The molecule has 5 heteroatoms. The molecular formula is C13H19N3O2. The first-order valence-electron chi connectivity index (χ1n) is 6.32. The zero-order valence-corrected chi connectivity index (χ0v) is 10.6. The van der Waals surface area contributed by atoms with Crippen LogP contribution in [-0.4, -0.2) is 29.1 Å². The van der Waals surface area contributed by atoms with Gasteiger partial charge >= 0.3 is 0 Å². The lowest BCUT2D eigenvalue weighted by Gasteiger charge is -2.09. The van der Waals surface area contributed by atoms with Gasteiger partial charge in [-0.25, -0.2) is 4.98 Å². The van der Waals surface area contributed by atoms with Gasteiger partial charge in [0.15, 0.2) is 11.6 Å². The minimum atomic E-state index is -0.0877. The molecule has 1 aliphatic rings. The number of anilines is 1. The number of aromatic nitrogens is 1. The molecule has 0 saturated carbocycles. The summed E-state index contributed by atoms with van der Waals surface area (Å²) >= 11 is 0. The highest BCUT2D eigenvalue weighted by Gasteiger charge is 2.16. The van der Waals surface area contributed by atoms with Crippen LogP contribution in [0.3, 0.4) is 0 Å². The highest BCUT2D eigenvalue weighted by atomic mass is 16.3. The lowest BCUT2D eigenvalue weighted by molar-refractivity contribution is -0.116. The minimum Gasteiger partial charge on any atom is -0.504 e. The minimum absolute atomic E-state index is 0.0106. The van der Waals surface area contributed by atoms with Crippen LogP contribution < -0.4 is 10.6 Å². The zero-order chi connectivity index (χ0) is 13.0. The third-order valence-corrected chi connectivity index (χ3v) is 3.21. The van der Waals surface area contributed by atoms with Crippen molar-refractivity contribution in [2.45, 2.75) is 26.2 Å². The maximum Gasteiger partial charge on any atom is 0.225 e. The predicted octanol–water partition coefficient (Wildman–Crippen LogP) is 1.42. The van der Waals surface area contributed by atoms with Crippen molar-refractivity contribution in [3.05, 3.63) is 17.8 Å². The summed E-state index contributed by atoms with van der Waals surface area (Å²) in [6.45, 7) is 3.87. The number of hydrogen-bond acceptors (Lipinski definition) is 4. The Morgan fingerprint density at radius 3 is 3.17 bits per heavy atom. The second-order valence-electron chi connectivity index (χ2n) is 4.77. The number of nitrogens with one attached hydrogen (secondary N) is 2. The van der Waals surface area contributed by atoms with E-state index in [0.29, 0.717) is 12.3 Å². The SMILES string of the molecule is Cc1ccc(O)c(NC(=O)CCC2CCNC2)n1. The molecule has 1 atom stereocenters. The number of rotatable bonds is 4. The van der Waals surface area contributed by atoms with Crippen LogP contribution in [0.5, 0.6) is 5.75 Å². The summed E-state index contributed by atoms with van der Waals surface area (Å²) < 4.78 is 0. The maximum atomic E-state index is 11.8. The summed E-state index contributed by atoms with van der Waals surface area (Å²) in [4.78, 5) is 15.8. The van der Waals surface area contributed by atoms with Gasteiger partial charge in [0.05, 0.1) is 0 Å². The van der Waals surface area contributed by atoms with Gasteiger partial charge in [0.25, 0.3) is 0 Å². The molecule has 1 unspecified atom stereocenters. The van der Waals surface area contributed by atoms with Gasteiger partial charge in [-0.1, -0.05) is 0 Å². The molecule has 2 rings (SSSR count). The van der Waals surface area contributed by atoms with E-state index in [0.717, 1.165) is 31.6 Å². The summed E-state index contributed by atoms with van der Waals surface area (Å²) in [5, 5.41) is 15.5. The van der Waals surface area contributed by atoms with Crippen molar-refractivity contribution in [1.82, 2.24) is 10.3 Å². The van der Waals surface area contributed by atoms with Crippen LogP contribution in [0.15, 0.2) is 12.1 Å². The molecule has 0 aliphatic carbocycles. The molecule has 18 heavy (non-hydrogen) atoms. The normalized spacial score (nSPS) is 18.8. The molecule has 0 bridgehead atoms. The first-order chi connectivity index (χ1) is 8.65. The lowest BCUT2D eigenvalue weighted by Crippen LogP contribution is -2.15. The Hall–Kier alpha value is -1.62. The second-order valence-corrected chi connectivity index (χ2v) is 4.77. The van der Waals surface area contributed by atoms with Gasteiger partial charge < -0.3 is 15.7 Å². The van der Waals surface area contributed by atoms with E-state index >= 15 is 0 Å². The number of aryl methyl sites for hydroxylation is 1. The smallest absolute Gasteiger partial charge is 0.225 e. The largest absolute Gasteiger partial charge is 0.504 e. The fraction of sp³-hybridized carbons (Fsp3) is 0.538. The monoisotopic (exact) mass is 249 g/mol. The number of pyridine rings is 1. The van der Waals surface area contributed by atoms with Crippen LogP contribution in [0.25, 0.3) is 0 Å². The van der Waals surface area contributed by atoms with Crippen LogP contribution in [0.4, 0.5) is 5.82 Å². The van der Waals surface area contributed by atoms with E-state index in [1.165, 1.54) is 0 Å². The van der Waals surface area contributed by atoms with Crippen molar-refractivity contribution >= 4 is 11.7 Å². The number of carbonyl (C=O) groups excluding carboxylic acids is 1. The molecule has 3 N–H and O–H groups in total. The summed E-state index contributed by atoms with van der Waals surface area (Å²) in [6, 6.07) is 3.24. The molecule has 1 saturated heterocycles. The van der Waals surface area contributed by atoms with Crippen LogP contribution >= 0.6 is 0 Å². The van der Waals surface area contributed by atoms with Crippen molar-refractivity contribution in [1.29, 1.82) is 0 Å². The van der Waals surface area contributed by atoms with Crippen LogP contribution in [-0.2, 0) is 4.79 Å². The first-order valence-corrected chi connectivity index (χ1v) is 6.32. The Balaban J connectivity index is 1.84. The van der Waals surface area contributed by atoms with Gasteiger partial charge in [-0.2, -0.15) is 0 Å². The number of nitrogens with zero attached hydrogens (tertiary/aromatic N) is 1. The van der Waals surface area contributed by atoms with E-state index in [1.54, 1.807) is 12.1 Å². The van der Waals surface area contributed by atoms with Gasteiger partial charge in [-0.3, -0.25) is 4.79 Å². The molecule has 0 aromatic carbocycles. The molecular weight excluding hydrogens is 230 g/mol. The summed E-state index contributed by atoms with van der Waals surface area (Å²) in [5.41, 5.74) is 0.767. The van der Waals surface area contributed by atoms with Crippen molar-refractivity contribution in [3.8, 4) is 5.75 Å². The highest BCUT2D eigenvalue weighted by Crippen LogP contribution is 2.21. The summed E-state index contributed by atoms with van der Waals surface area (Å²) in [6.07, 6.45) is 2.49. The van der Waals surface area contributed by atoms with Gasteiger partial charge in [0.2, 0.25) is 5.91 Å². The van der Waals surface area contributed by atoms with E-state index in [2.05, 4.69) is 15.6 Å². The van der Waals surface area contributed by atoms with Gasteiger partial charge in [0.1, 0.15) is 0 Å². The van der Waals surface area contributed by atoms with E-state index in [4.69, 9.17) is 0 Å². The average molecular weight is 249 g/mol. The molecule has 1 aromatic heterocycles. The quantitative estimate of drug-likeness (QED) is 0.754. The third-order valence-electron chi connectivity index (χ3n) is 3.21. The fourth-order valence-corrected chi connectivity index (χ4v) is 2.13. The Bertz CT molecular complexity index is 428. The predicted molar refractivity (Wildman–Crippen MR) is 69.5 cm³/mol. The molecule has 1 aromatic rings. The number of aromatic hydroxyl groups is 1. The van der Waals surface area contributed by atoms with Crippen LogP contribution in [0.1, 0.15) is 25.0 Å². The molecule has 5 nitrogen and oxygen atoms in total.